The number of rotatable bonds is 8. The third-order valence-electron chi connectivity index (χ3n) is 4.82. The van der Waals surface area contributed by atoms with Crippen molar-refractivity contribution < 1.29 is 28.7 Å². The molecular weight excluding hydrogens is 400 g/mol. The van der Waals surface area contributed by atoms with E-state index in [-0.39, 0.29) is 23.5 Å². The van der Waals surface area contributed by atoms with E-state index < -0.39 is 36.3 Å². The average molecular weight is 424 g/mol. The number of amides is 3. The Hall–Kier alpha value is -3.68. The van der Waals surface area contributed by atoms with Crippen LogP contribution in [0.5, 0.6) is 5.75 Å². The van der Waals surface area contributed by atoms with Crippen LogP contribution in [0.3, 0.4) is 0 Å². The van der Waals surface area contributed by atoms with Crippen molar-refractivity contribution >= 4 is 29.4 Å². The highest BCUT2D eigenvalue weighted by Gasteiger charge is 2.43. The number of imide groups is 1. The Kier molecular flexibility index (Phi) is 6.69. The lowest BCUT2D eigenvalue weighted by atomic mass is 10.0. The second-order valence-corrected chi connectivity index (χ2v) is 7.56. The largest absolute Gasteiger partial charge is 0.497 e. The van der Waals surface area contributed by atoms with Crippen molar-refractivity contribution in [2.45, 2.75) is 26.3 Å². The number of ether oxygens (including phenoxy) is 2. The van der Waals surface area contributed by atoms with Gasteiger partial charge in [0, 0.05) is 5.69 Å². The van der Waals surface area contributed by atoms with Crippen molar-refractivity contribution in [1.82, 2.24) is 4.90 Å². The smallest absolute Gasteiger partial charge is 0.329 e. The van der Waals surface area contributed by atoms with Crippen LogP contribution in [-0.4, -0.2) is 48.3 Å². The summed E-state index contributed by atoms with van der Waals surface area (Å²) in [6.07, 6.45) is 0.227. The monoisotopic (exact) mass is 424 g/mol. The van der Waals surface area contributed by atoms with Crippen LogP contribution in [0.15, 0.2) is 48.5 Å². The van der Waals surface area contributed by atoms with Crippen LogP contribution in [0, 0.1) is 5.92 Å². The summed E-state index contributed by atoms with van der Waals surface area (Å²) >= 11 is 0. The molecule has 0 radical (unpaired) electrons. The lowest BCUT2D eigenvalue weighted by molar-refractivity contribution is -0.151. The van der Waals surface area contributed by atoms with Gasteiger partial charge in [0.25, 0.3) is 17.7 Å². The molecular formula is C23H24N2O6. The van der Waals surface area contributed by atoms with Gasteiger partial charge in [-0.15, -0.1) is 0 Å². The maximum atomic E-state index is 12.8. The summed E-state index contributed by atoms with van der Waals surface area (Å²) in [7, 11) is 1.54. The molecule has 1 atom stereocenters. The summed E-state index contributed by atoms with van der Waals surface area (Å²) in [4.78, 5) is 51.4. The van der Waals surface area contributed by atoms with E-state index in [4.69, 9.17) is 9.47 Å². The molecule has 8 nitrogen and oxygen atoms in total. The number of fused-ring (bicyclic) bond motifs is 1. The van der Waals surface area contributed by atoms with E-state index in [0.717, 1.165) is 4.90 Å². The molecule has 0 saturated heterocycles. The molecule has 3 rings (SSSR count). The van der Waals surface area contributed by atoms with Gasteiger partial charge in [0.2, 0.25) is 0 Å². The minimum absolute atomic E-state index is 0.00925. The number of esters is 1. The summed E-state index contributed by atoms with van der Waals surface area (Å²) in [5.41, 5.74) is 1.03. The third kappa shape index (κ3) is 4.91. The number of carbonyl (C=O) groups is 4. The van der Waals surface area contributed by atoms with Gasteiger partial charge in [-0.05, 0) is 48.7 Å². The van der Waals surface area contributed by atoms with Gasteiger partial charge >= 0.3 is 5.97 Å². The predicted molar refractivity (Wildman–Crippen MR) is 113 cm³/mol. The predicted octanol–water partition coefficient (Wildman–Crippen LogP) is 2.89. The quantitative estimate of drug-likeness (QED) is 0.516. The Morgan fingerprint density at radius 2 is 1.55 bits per heavy atom. The molecule has 0 saturated carbocycles. The lowest BCUT2D eigenvalue weighted by Gasteiger charge is -2.25. The van der Waals surface area contributed by atoms with Crippen LogP contribution in [-0.2, 0) is 14.3 Å². The average Bonchev–Trinajstić information content (AvgIpc) is 3.01. The zero-order valence-corrected chi connectivity index (χ0v) is 17.6. The molecule has 3 amide bonds. The Morgan fingerprint density at radius 1 is 0.968 bits per heavy atom. The van der Waals surface area contributed by atoms with Crippen molar-refractivity contribution in [3.63, 3.8) is 0 Å². The van der Waals surface area contributed by atoms with Gasteiger partial charge < -0.3 is 14.8 Å². The summed E-state index contributed by atoms with van der Waals surface area (Å²) in [5, 5.41) is 2.61. The zero-order valence-electron chi connectivity index (χ0n) is 17.6. The van der Waals surface area contributed by atoms with Gasteiger partial charge in [-0.25, -0.2) is 4.79 Å². The second kappa shape index (κ2) is 9.42. The van der Waals surface area contributed by atoms with Crippen molar-refractivity contribution in [2.24, 2.45) is 5.92 Å². The van der Waals surface area contributed by atoms with E-state index in [0.29, 0.717) is 11.4 Å². The number of hydrogen-bond donors (Lipinski definition) is 1. The van der Waals surface area contributed by atoms with Gasteiger partial charge in [0.05, 0.1) is 18.2 Å². The highest BCUT2D eigenvalue weighted by Crippen LogP contribution is 2.27. The van der Waals surface area contributed by atoms with Crippen LogP contribution in [0.4, 0.5) is 5.69 Å². The first-order valence-corrected chi connectivity index (χ1v) is 9.89. The fraction of sp³-hybridized carbons (Fsp3) is 0.304. The number of benzene rings is 2. The Balaban J connectivity index is 1.67. The van der Waals surface area contributed by atoms with Gasteiger partial charge in [-0.2, -0.15) is 0 Å². The van der Waals surface area contributed by atoms with Crippen molar-refractivity contribution in [1.29, 1.82) is 0 Å². The fourth-order valence-corrected chi connectivity index (χ4v) is 3.35. The van der Waals surface area contributed by atoms with Crippen LogP contribution in [0.2, 0.25) is 0 Å². The Labute approximate surface area is 180 Å². The van der Waals surface area contributed by atoms with E-state index in [2.05, 4.69) is 5.32 Å². The Morgan fingerprint density at radius 3 is 2.06 bits per heavy atom. The van der Waals surface area contributed by atoms with E-state index in [9.17, 15) is 19.2 Å². The minimum Gasteiger partial charge on any atom is -0.497 e. The molecule has 1 N–H and O–H groups in total. The van der Waals surface area contributed by atoms with Gasteiger partial charge in [0.1, 0.15) is 11.8 Å². The molecule has 0 bridgehead atoms. The summed E-state index contributed by atoms with van der Waals surface area (Å²) in [6.45, 7) is 3.20. The van der Waals surface area contributed by atoms with E-state index in [1.165, 1.54) is 7.11 Å². The molecule has 8 heteroatoms. The Bertz CT molecular complexity index is 964. The summed E-state index contributed by atoms with van der Waals surface area (Å²) in [6, 6.07) is 12.0. The van der Waals surface area contributed by atoms with Crippen LogP contribution in [0.25, 0.3) is 0 Å². The summed E-state index contributed by atoms with van der Waals surface area (Å²) < 4.78 is 10.2. The highest BCUT2D eigenvalue weighted by molar-refractivity contribution is 6.22. The third-order valence-corrected chi connectivity index (χ3v) is 4.82. The number of nitrogens with one attached hydrogen (secondary N) is 1. The fourth-order valence-electron chi connectivity index (χ4n) is 3.35. The first kappa shape index (κ1) is 22.0. The van der Waals surface area contributed by atoms with Gasteiger partial charge in [-0.3, -0.25) is 19.3 Å². The topological polar surface area (TPSA) is 102 Å². The molecule has 0 fully saturated rings. The molecule has 1 heterocycles. The summed E-state index contributed by atoms with van der Waals surface area (Å²) in [5.74, 6) is -1.76. The first-order valence-electron chi connectivity index (χ1n) is 9.89. The van der Waals surface area contributed by atoms with E-state index >= 15 is 0 Å². The first-order chi connectivity index (χ1) is 14.8. The van der Waals surface area contributed by atoms with Crippen LogP contribution in [0.1, 0.15) is 41.0 Å². The second-order valence-electron chi connectivity index (χ2n) is 7.56. The van der Waals surface area contributed by atoms with Gasteiger partial charge in [0.15, 0.2) is 6.61 Å². The standard InChI is InChI=1S/C23H24N2O6/c1-14(2)12-19(25-21(27)17-6-4-5-7-18(17)22(25)28)23(29)31-13-20(26)24-15-8-10-16(30-3)11-9-15/h4-11,14,19H,12-13H2,1-3H3,(H,24,26)/t19-/m0/s1. The van der Waals surface area contributed by atoms with Crippen LogP contribution >= 0.6 is 0 Å². The molecule has 31 heavy (non-hydrogen) atoms. The molecule has 0 unspecified atom stereocenters. The number of methoxy groups -OCH3 is 1. The van der Waals surface area contributed by atoms with E-state index in [1.54, 1.807) is 48.5 Å². The highest BCUT2D eigenvalue weighted by atomic mass is 16.5. The zero-order chi connectivity index (χ0) is 22.5. The molecule has 1 aliphatic rings. The number of nitrogens with zero attached hydrogens (tertiary/aromatic N) is 1. The molecule has 0 aliphatic carbocycles. The lowest BCUT2D eigenvalue weighted by Crippen LogP contribution is -2.46. The SMILES string of the molecule is COc1ccc(NC(=O)COC(=O)[C@H](CC(C)C)N2C(=O)c3ccccc3C2=O)cc1. The molecule has 2 aromatic carbocycles. The maximum Gasteiger partial charge on any atom is 0.329 e. The minimum atomic E-state index is -1.11. The molecule has 162 valence electrons. The molecule has 1 aliphatic heterocycles. The maximum absolute atomic E-state index is 12.8. The van der Waals surface area contributed by atoms with Crippen molar-refractivity contribution in [3.8, 4) is 5.75 Å². The van der Waals surface area contributed by atoms with Gasteiger partial charge in [-0.1, -0.05) is 26.0 Å². The van der Waals surface area contributed by atoms with Crippen molar-refractivity contribution in [3.05, 3.63) is 59.7 Å². The normalized spacial score (nSPS) is 13.7. The molecule has 0 spiro atoms. The van der Waals surface area contributed by atoms with Crippen molar-refractivity contribution in [2.75, 3.05) is 19.0 Å². The molecule has 0 aromatic heterocycles. The number of anilines is 1. The number of carbonyl (C=O) groups excluding carboxylic acids is 4. The van der Waals surface area contributed by atoms with Crippen LogP contribution < -0.4 is 10.1 Å². The van der Waals surface area contributed by atoms with E-state index in [1.807, 2.05) is 13.8 Å². The molecule has 2 aromatic rings. The number of hydrogen-bond acceptors (Lipinski definition) is 6.